The van der Waals surface area contributed by atoms with E-state index in [1.807, 2.05) is 48.0 Å². The average Bonchev–Trinajstić information content (AvgIpc) is 2.61. The Bertz CT molecular complexity index is 485. The number of aryl methyl sites for hydroxylation is 1. The highest BCUT2D eigenvalue weighted by atomic mass is 15.2. The molecule has 0 radical (unpaired) electrons. The van der Waals surface area contributed by atoms with E-state index in [0.29, 0.717) is 0 Å². The molecule has 0 saturated carbocycles. The molecule has 0 aliphatic heterocycles. The highest BCUT2D eigenvalue weighted by Gasteiger charge is 1.94. The van der Waals surface area contributed by atoms with Crippen LogP contribution in [0.1, 0.15) is 11.4 Å². The number of aromatic nitrogens is 3. The molecular formula is C11H12N4. The number of nitrogens with zero attached hydrogens (tertiary/aromatic N) is 3. The smallest absolute Gasteiger partial charge is 0.156 e. The Kier molecular flexibility index (Phi) is 2.49. The number of nitrogens with two attached hydrogens (primary N) is 1. The molecule has 2 aromatic rings. The molecule has 1 aromatic heterocycles. The molecule has 2 N–H and O–H groups in total. The highest BCUT2D eigenvalue weighted by Crippen LogP contribution is 2.09. The lowest BCUT2D eigenvalue weighted by molar-refractivity contribution is 0.896. The van der Waals surface area contributed by atoms with Crippen LogP contribution in [0.2, 0.25) is 0 Å². The van der Waals surface area contributed by atoms with Crippen molar-refractivity contribution in [3.63, 3.8) is 0 Å². The van der Waals surface area contributed by atoms with Gasteiger partial charge in [0.25, 0.3) is 0 Å². The van der Waals surface area contributed by atoms with E-state index in [9.17, 15) is 0 Å². The van der Waals surface area contributed by atoms with Gasteiger partial charge >= 0.3 is 0 Å². The van der Waals surface area contributed by atoms with Gasteiger partial charge in [-0.3, -0.25) is 0 Å². The topological polar surface area (TPSA) is 56.7 Å². The van der Waals surface area contributed by atoms with Gasteiger partial charge in [0.15, 0.2) is 5.82 Å². The SMILES string of the molecule is Cn1cnnc1/C=C/c1cccc(N)c1. The number of benzene rings is 1. The summed E-state index contributed by atoms with van der Waals surface area (Å²) < 4.78 is 1.85. The predicted molar refractivity (Wildman–Crippen MR) is 60.8 cm³/mol. The Labute approximate surface area is 88.1 Å². The van der Waals surface area contributed by atoms with Gasteiger partial charge in [0, 0.05) is 12.7 Å². The molecule has 2 rings (SSSR count). The summed E-state index contributed by atoms with van der Waals surface area (Å²) in [6.45, 7) is 0. The van der Waals surface area contributed by atoms with Crippen LogP contribution >= 0.6 is 0 Å². The van der Waals surface area contributed by atoms with Gasteiger partial charge in [-0.25, -0.2) is 0 Å². The van der Waals surface area contributed by atoms with Crippen molar-refractivity contribution in [2.45, 2.75) is 0 Å². The maximum Gasteiger partial charge on any atom is 0.156 e. The first-order valence-electron chi connectivity index (χ1n) is 4.63. The third-order valence-electron chi connectivity index (χ3n) is 2.08. The summed E-state index contributed by atoms with van der Waals surface area (Å²) in [4.78, 5) is 0. The first-order valence-corrected chi connectivity index (χ1v) is 4.63. The monoisotopic (exact) mass is 200 g/mol. The maximum atomic E-state index is 5.67. The number of rotatable bonds is 2. The highest BCUT2D eigenvalue weighted by molar-refractivity contribution is 5.68. The molecule has 0 unspecified atom stereocenters. The van der Waals surface area contributed by atoms with Gasteiger partial charge < -0.3 is 10.3 Å². The van der Waals surface area contributed by atoms with Crippen LogP contribution in [0.25, 0.3) is 12.2 Å². The standard InChI is InChI=1S/C11H12N4/c1-15-8-13-14-11(15)6-5-9-3-2-4-10(12)7-9/h2-8H,12H2,1H3/b6-5+. The number of hydrogen-bond acceptors (Lipinski definition) is 3. The van der Waals surface area contributed by atoms with Crippen LogP contribution in [-0.4, -0.2) is 14.8 Å². The van der Waals surface area contributed by atoms with Crippen LogP contribution in [-0.2, 0) is 7.05 Å². The van der Waals surface area contributed by atoms with E-state index in [0.717, 1.165) is 17.1 Å². The first-order chi connectivity index (χ1) is 7.25. The molecule has 0 bridgehead atoms. The largest absolute Gasteiger partial charge is 0.399 e. The fourth-order valence-corrected chi connectivity index (χ4v) is 1.28. The van der Waals surface area contributed by atoms with Crippen LogP contribution in [0, 0.1) is 0 Å². The van der Waals surface area contributed by atoms with Crippen molar-refractivity contribution in [1.82, 2.24) is 14.8 Å². The van der Waals surface area contributed by atoms with Crippen molar-refractivity contribution in [2.75, 3.05) is 5.73 Å². The number of nitrogen functional groups attached to an aromatic ring is 1. The molecule has 76 valence electrons. The molecule has 15 heavy (non-hydrogen) atoms. The lowest BCUT2D eigenvalue weighted by Crippen LogP contribution is -1.89. The van der Waals surface area contributed by atoms with E-state index in [1.54, 1.807) is 6.33 Å². The fraction of sp³-hybridized carbons (Fsp3) is 0.0909. The molecule has 1 aromatic carbocycles. The Hall–Kier alpha value is -2.10. The van der Waals surface area contributed by atoms with Gasteiger partial charge in [-0.05, 0) is 23.8 Å². The van der Waals surface area contributed by atoms with E-state index < -0.39 is 0 Å². The minimum absolute atomic E-state index is 0.759. The molecule has 0 spiro atoms. The summed E-state index contributed by atoms with van der Waals surface area (Å²) in [6, 6.07) is 7.68. The zero-order chi connectivity index (χ0) is 10.7. The zero-order valence-corrected chi connectivity index (χ0v) is 8.46. The maximum absolute atomic E-state index is 5.67. The van der Waals surface area contributed by atoms with E-state index in [4.69, 9.17) is 5.73 Å². The van der Waals surface area contributed by atoms with Crippen molar-refractivity contribution in [1.29, 1.82) is 0 Å². The van der Waals surface area contributed by atoms with E-state index >= 15 is 0 Å². The second-order valence-electron chi connectivity index (χ2n) is 3.30. The number of anilines is 1. The van der Waals surface area contributed by atoms with E-state index in [-0.39, 0.29) is 0 Å². The molecule has 0 amide bonds. The fourth-order valence-electron chi connectivity index (χ4n) is 1.28. The Morgan fingerprint density at radius 1 is 1.33 bits per heavy atom. The lowest BCUT2D eigenvalue weighted by Gasteiger charge is -1.95. The van der Waals surface area contributed by atoms with Crippen LogP contribution in [0.3, 0.4) is 0 Å². The third-order valence-corrected chi connectivity index (χ3v) is 2.08. The van der Waals surface area contributed by atoms with Crippen molar-refractivity contribution in [3.8, 4) is 0 Å². The van der Waals surface area contributed by atoms with Crippen LogP contribution in [0.4, 0.5) is 5.69 Å². The Morgan fingerprint density at radius 3 is 2.87 bits per heavy atom. The van der Waals surface area contributed by atoms with Crippen LogP contribution in [0.15, 0.2) is 30.6 Å². The van der Waals surface area contributed by atoms with Gasteiger partial charge in [-0.1, -0.05) is 18.2 Å². The van der Waals surface area contributed by atoms with Gasteiger partial charge in [0.2, 0.25) is 0 Å². The minimum Gasteiger partial charge on any atom is -0.399 e. The van der Waals surface area contributed by atoms with Crippen molar-refractivity contribution >= 4 is 17.8 Å². The quantitative estimate of drug-likeness (QED) is 0.748. The molecule has 0 fully saturated rings. The number of hydrogen-bond donors (Lipinski definition) is 1. The van der Waals surface area contributed by atoms with Crippen LogP contribution in [0.5, 0.6) is 0 Å². The molecule has 0 aliphatic rings. The summed E-state index contributed by atoms with van der Waals surface area (Å²) in [5, 5.41) is 7.74. The van der Waals surface area contributed by atoms with Crippen molar-refractivity contribution < 1.29 is 0 Å². The minimum atomic E-state index is 0.759. The van der Waals surface area contributed by atoms with E-state index in [1.165, 1.54) is 0 Å². The molecule has 0 atom stereocenters. The van der Waals surface area contributed by atoms with E-state index in [2.05, 4.69) is 10.2 Å². The normalized spacial score (nSPS) is 11.0. The first kappa shape index (κ1) is 9.45. The van der Waals surface area contributed by atoms with Crippen molar-refractivity contribution in [3.05, 3.63) is 42.0 Å². The summed E-state index contributed by atoms with van der Waals surface area (Å²) in [5.41, 5.74) is 7.48. The zero-order valence-electron chi connectivity index (χ0n) is 8.46. The Morgan fingerprint density at radius 2 is 2.20 bits per heavy atom. The molecule has 1 heterocycles. The third kappa shape index (κ3) is 2.22. The second-order valence-corrected chi connectivity index (χ2v) is 3.30. The summed E-state index contributed by atoms with van der Waals surface area (Å²) in [5.74, 6) is 0.817. The van der Waals surface area contributed by atoms with Gasteiger partial charge in [0.1, 0.15) is 6.33 Å². The summed E-state index contributed by atoms with van der Waals surface area (Å²) in [6.07, 6.45) is 5.53. The predicted octanol–water partition coefficient (Wildman–Crippen LogP) is 1.57. The lowest BCUT2D eigenvalue weighted by atomic mass is 10.2. The summed E-state index contributed by atoms with van der Waals surface area (Å²) in [7, 11) is 1.90. The molecular weight excluding hydrogens is 188 g/mol. The van der Waals surface area contributed by atoms with Gasteiger partial charge in [0.05, 0.1) is 0 Å². The Balaban J connectivity index is 2.22. The second kappa shape index (κ2) is 3.96. The van der Waals surface area contributed by atoms with Crippen LogP contribution < -0.4 is 5.73 Å². The molecule has 0 aliphatic carbocycles. The average molecular weight is 200 g/mol. The molecule has 0 saturated heterocycles. The van der Waals surface area contributed by atoms with Gasteiger partial charge in [-0.15, -0.1) is 10.2 Å². The van der Waals surface area contributed by atoms with Gasteiger partial charge in [-0.2, -0.15) is 0 Å². The van der Waals surface area contributed by atoms with Crippen molar-refractivity contribution in [2.24, 2.45) is 7.05 Å². The molecule has 4 nitrogen and oxygen atoms in total. The summed E-state index contributed by atoms with van der Waals surface area (Å²) >= 11 is 0. The molecule has 4 heteroatoms.